The summed E-state index contributed by atoms with van der Waals surface area (Å²) in [5, 5.41) is 8.50. The van der Waals surface area contributed by atoms with Gasteiger partial charge in [0.15, 0.2) is 5.82 Å². The molecule has 2 heterocycles. The van der Waals surface area contributed by atoms with Crippen LogP contribution in [0.1, 0.15) is 37.2 Å². The first-order valence-corrected chi connectivity index (χ1v) is 7.90. The van der Waals surface area contributed by atoms with Gasteiger partial charge in [0, 0.05) is 11.8 Å². The van der Waals surface area contributed by atoms with Crippen LogP contribution in [0.4, 0.5) is 0 Å². The SMILES string of the molecule is Cc1ccn(-c2ccc(-c3nc(C4(N)CCCC4)no3)cc2)n1.Cl. The van der Waals surface area contributed by atoms with E-state index in [9.17, 15) is 0 Å². The second kappa shape index (κ2) is 6.37. The van der Waals surface area contributed by atoms with Gasteiger partial charge in [0.1, 0.15) is 0 Å². The van der Waals surface area contributed by atoms with Crippen molar-refractivity contribution in [1.82, 2.24) is 19.9 Å². The second-order valence-corrected chi connectivity index (χ2v) is 6.23. The maximum absolute atomic E-state index is 6.38. The molecule has 1 fully saturated rings. The summed E-state index contributed by atoms with van der Waals surface area (Å²) in [6.07, 6.45) is 6.03. The van der Waals surface area contributed by atoms with Gasteiger partial charge >= 0.3 is 0 Å². The molecule has 1 saturated carbocycles. The molecule has 2 aromatic heterocycles. The van der Waals surface area contributed by atoms with E-state index in [1.807, 2.05) is 48.1 Å². The smallest absolute Gasteiger partial charge is 0.257 e. The van der Waals surface area contributed by atoms with Crippen LogP contribution in [0.3, 0.4) is 0 Å². The van der Waals surface area contributed by atoms with E-state index < -0.39 is 5.54 Å². The molecule has 7 heteroatoms. The Balaban J connectivity index is 0.00000169. The summed E-state index contributed by atoms with van der Waals surface area (Å²) < 4.78 is 7.25. The average Bonchev–Trinajstić information content (AvgIpc) is 3.28. The van der Waals surface area contributed by atoms with Crippen LogP contribution in [-0.4, -0.2) is 19.9 Å². The number of aromatic nitrogens is 4. The highest BCUT2D eigenvalue weighted by Gasteiger charge is 2.36. The van der Waals surface area contributed by atoms with E-state index in [1.165, 1.54) is 0 Å². The normalized spacial score (nSPS) is 16.1. The number of rotatable bonds is 3. The molecule has 2 N–H and O–H groups in total. The highest BCUT2D eigenvalue weighted by atomic mass is 35.5. The topological polar surface area (TPSA) is 82.8 Å². The van der Waals surface area contributed by atoms with Gasteiger partial charge in [-0.05, 0) is 50.1 Å². The fraction of sp³-hybridized carbons (Fsp3) is 0.353. The number of nitrogens with two attached hydrogens (primary N) is 1. The lowest BCUT2D eigenvalue weighted by molar-refractivity contribution is 0.372. The standard InChI is InChI=1S/C17H19N5O.ClH/c1-12-8-11-22(20-12)14-6-4-13(5-7-14)15-19-16(21-23-15)17(18)9-2-3-10-17;/h4-8,11H,2-3,9-10,18H2,1H3;1H. The molecular weight excluding hydrogens is 326 g/mol. The number of nitrogens with zero attached hydrogens (tertiary/aromatic N) is 4. The number of benzene rings is 1. The van der Waals surface area contributed by atoms with Crippen LogP contribution in [0.2, 0.25) is 0 Å². The van der Waals surface area contributed by atoms with Crippen molar-refractivity contribution in [3.63, 3.8) is 0 Å². The Morgan fingerprint density at radius 2 is 1.83 bits per heavy atom. The molecule has 0 amide bonds. The summed E-state index contributed by atoms with van der Waals surface area (Å²) in [6.45, 7) is 1.97. The van der Waals surface area contributed by atoms with Crippen molar-refractivity contribution < 1.29 is 4.52 Å². The Hall–Kier alpha value is -2.18. The summed E-state index contributed by atoms with van der Waals surface area (Å²) in [6, 6.07) is 9.86. The first-order chi connectivity index (χ1) is 11.1. The Bertz CT molecular complexity index is 818. The Morgan fingerprint density at radius 3 is 2.46 bits per heavy atom. The maximum atomic E-state index is 6.38. The number of halogens is 1. The summed E-state index contributed by atoms with van der Waals surface area (Å²) in [5.74, 6) is 1.14. The Morgan fingerprint density at radius 1 is 1.12 bits per heavy atom. The van der Waals surface area contributed by atoms with E-state index in [1.54, 1.807) is 0 Å². The lowest BCUT2D eigenvalue weighted by atomic mass is 9.99. The molecule has 24 heavy (non-hydrogen) atoms. The quantitative estimate of drug-likeness (QED) is 0.786. The maximum Gasteiger partial charge on any atom is 0.257 e. The highest BCUT2D eigenvalue weighted by Crippen LogP contribution is 2.35. The molecule has 0 spiro atoms. The molecule has 0 saturated heterocycles. The molecule has 1 aliphatic carbocycles. The van der Waals surface area contributed by atoms with Gasteiger partial charge in [-0.2, -0.15) is 10.1 Å². The third kappa shape index (κ3) is 2.95. The van der Waals surface area contributed by atoms with Gasteiger partial charge < -0.3 is 10.3 Å². The molecule has 0 unspecified atom stereocenters. The lowest BCUT2D eigenvalue weighted by Crippen LogP contribution is -2.34. The van der Waals surface area contributed by atoms with E-state index in [0.717, 1.165) is 42.6 Å². The van der Waals surface area contributed by atoms with Crippen molar-refractivity contribution in [1.29, 1.82) is 0 Å². The number of hydrogen-bond acceptors (Lipinski definition) is 5. The summed E-state index contributed by atoms with van der Waals surface area (Å²) >= 11 is 0. The van der Waals surface area contributed by atoms with Crippen LogP contribution in [0.5, 0.6) is 0 Å². The van der Waals surface area contributed by atoms with Gasteiger partial charge in [0.05, 0.1) is 16.9 Å². The summed E-state index contributed by atoms with van der Waals surface area (Å²) in [4.78, 5) is 4.52. The van der Waals surface area contributed by atoms with Crippen LogP contribution in [-0.2, 0) is 5.54 Å². The molecule has 1 aliphatic rings. The predicted molar refractivity (Wildman–Crippen MR) is 93.2 cm³/mol. The van der Waals surface area contributed by atoms with Crippen LogP contribution in [0, 0.1) is 6.92 Å². The predicted octanol–water partition coefficient (Wildman–Crippen LogP) is 3.38. The van der Waals surface area contributed by atoms with Crippen molar-refractivity contribution in [3.05, 3.63) is 48.0 Å². The third-order valence-corrected chi connectivity index (χ3v) is 4.47. The van der Waals surface area contributed by atoms with E-state index in [0.29, 0.717) is 11.7 Å². The van der Waals surface area contributed by atoms with E-state index in [-0.39, 0.29) is 12.4 Å². The zero-order valence-corrected chi connectivity index (χ0v) is 14.3. The number of hydrogen-bond donors (Lipinski definition) is 1. The fourth-order valence-corrected chi connectivity index (χ4v) is 3.09. The van der Waals surface area contributed by atoms with Crippen LogP contribution >= 0.6 is 12.4 Å². The lowest BCUT2D eigenvalue weighted by Gasteiger charge is -2.17. The van der Waals surface area contributed by atoms with Gasteiger partial charge in [-0.15, -0.1) is 12.4 Å². The van der Waals surface area contributed by atoms with Crippen LogP contribution in [0.25, 0.3) is 17.1 Å². The van der Waals surface area contributed by atoms with E-state index in [4.69, 9.17) is 10.3 Å². The van der Waals surface area contributed by atoms with Crippen molar-refractivity contribution in [2.45, 2.75) is 38.1 Å². The largest absolute Gasteiger partial charge is 0.334 e. The Kier molecular flexibility index (Phi) is 4.43. The molecule has 126 valence electrons. The molecule has 3 aromatic rings. The van der Waals surface area contributed by atoms with Gasteiger partial charge in [0.2, 0.25) is 0 Å². The fourth-order valence-electron chi connectivity index (χ4n) is 3.09. The molecular formula is C17H20ClN5O. The molecule has 0 bridgehead atoms. The molecule has 6 nitrogen and oxygen atoms in total. The average molecular weight is 346 g/mol. The van der Waals surface area contributed by atoms with Crippen molar-refractivity contribution in [3.8, 4) is 17.1 Å². The van der Waals surface area contributed by atoms with Gasteiger partial charge in [-0.3, -0.25) is 0 Å². The summed E-state index contributed by atoms with van der Waals surface area (Å²) in [5.41, 5.74) is 8.82. The highest BCUT2D eigenvalue weighted by molar-refractivity contribution is 5.85. The second-order valence-electron chi connectivity index (χ2n) is 6.23. The zero-order chi connectivity index (χ0) is 15.9. The van der Waals surface area contributed by atoms with Crippen molar-refractivity contribution >= 4 is 12.4 Å². The minimum Gasteiger partial charge on any atom is -0.334 e. The van der Waals surface area contributed by atoms with Crippen molar-refractivity contribution in [2.24, 2.45) is 5.73 Å². The van der Waals surface area contributed by atoms with Gasteiger partial charge in [-0.1, -0.05) is 18.0 Å². The molecule has 0 aliphatic heterocycles. The first-order valence-electron chi connectivity index (χ1n) is 7.90. The minimum absolute atomic E-state index is 0. The van der Waals surface area contributed by atoms with Gasteiger partial charge in [-0.25, -0.2) is 4.68 Å². The molecule has 0 radical (unpaired) electrons. The van der Waals surface area contributed by atoms with Gasteiger partial charge in [0.25, 0.3) is 5.89 Å². The zero-order valence-electron chi connectivity index (χ0n) is 13.5. The van der Waals surface area contributed by atoms with Crippen LogP contribution in [0.15, 0.2) is 41.1 Å². The monoisotopic (exact) mass is 345 g/mol. The van der Waals surface area contributed by atoms with Crippen molar-refractivity contribution in [2.75, 3.05) is 0 Å². The molecule has 0 atom stereocenters. The van der Waals surface area contributed by atoms with Crippen LogP contribution < -0.4 is 5.73 Å². The summed E-state index contributed by atoms with van der Waals surface area (Å²) in [7, 11) is 0. The Labute approximate surface area is 146 Å². The first kappa shape index (κ1) is 16.7. The molecule has 4 rings (SSSR count). The number of aryl methyl sites for hydroxylation is 1. The molecule has 1 aromatic carbocycles. The van der Waals surface area contributed by atoms with E-state index in [2.05, 4.69) is 15.2 Å². The minimum atomic E-state index is -0.422. The third-order valence-electron chi connectivity index (χ3n) is 4.47. The van der Waals surface area contributed by atoms with E-state index >= 15 is 0 Å².